The summed E-state index contributed by atoms with van der Waals surface area (Å²) in [6.45, 7) is 5.81. The second-order valence-electron chi connectivity index (χ2n) is 2.42. The lowest BCUT2D eigenvalue weighted by Crippen LogP contribution is -2.19. The Hall–Kier alpha value is -1.65. The average molecular weight is 196 g/mol. The molecule has 0 aromatic carbocycles. The monoisotopic (exact) mass is 196 g/mol. The summed E-state index contributed by atoms with van der Waals surface area (Å²) in [7, 11) is 1.64. The first-order valence-corrected chi connectivity index (χ1v) is 4.43. The number of aromatic nitrogens is 2. The summed E-state index contributed by atoms with van der Waals surface area (Å²) in [4.78, 5) is 18.4. The molecule has 2 N–H and O–H groups in total. The van der Waals surface area contributed by atoms with Crippen LogP contribution in [0.3, 0.4) is 0 Å². The van der Waals surface area contributed by atoms with Crippen molar-refractivity contribution in [2.24, 2.45) is 17.8 Å². The van der Waals surface area contributed by atoms with Gasteiger partial charge in [-0.15, -0.1) is 0 Å². The Balaban J connectivity index is 0.000000791. The summed E-state index contributed by atoms with van der Waals surface area (Å²) in [5.41, 5.74) is 5.56. The Bertz CT molecular complexity index is 368. The summed E-state index contributed by atoms with van der Waals surface area (Å²) in [6.07, 6.45) is 2.78. The fourth-order valence-electron chi connectivity index (χ4n) is 0.862. The van der Waals surface area contributed by atoms with Crippen LogP contribution in [0.1, 0.15) is 19.4 Å². The molecular weight excluding hydrogens is 180 g/mol. The zero-order chi connectivity index (χ0) is 11.1. The lowest BCUT2D eigenvalue weighted by atomic mass is 10.3. The van der Waals surface area contributed by atoms with E-state index in [1.54, 1.807) is 13.2 Å². The molecule has 1 rings (SSSR count). The molecule has 0 aliphatic rings. The molecule has 0 amide bonds. The molecule has 0 radical (unpaired) electrons. The molecule has 0 fully saturated rings. The Morgan fingerprint density at radius 2 is 2.14 bits per heavy atom. The van der Waals surface area contributed by atoms with Gasteiger partial charge in [-0.1, -0.05) is 13.8 Å². The lowest BCUT2D eigenvalue weighted by molar-refractivity contribution is 0.802. The van der Waals surface area contributed by atoms with E-state index < -0.39 is 0 Å². The van der Waals surface area contributed by atoms with Gasteiger partial charge in [0, 0.05) is 18.8 Å². The van der Waals surface area contributed by atoms with Gasteiger partial charge in [-0.2, -0.15) is 4.98 Å². The summed E-state index contributed by atoms with van der Waals surface area (Å²) < 4.78 is 1.39. The number of aryl methyl sites for hydroxylation is 2. The minimum absolute atomic E-state index is 0.332. The number of hydrogen-bond acceptors (Lipinski definition) is 3. The Kier molecular flexibility index (Phi) is 5.21. The number of aliphatic imine (C=N–C) groups is 1. The van der Waals surface area contributed by atoms with Gasteiger partial charge in [0.2, 0.25) is 0 Å². The van der Waals surface area contributed by atoms with E-state index in [0.717, 1.165) is 11.9 Å². The van der Waals surface area contributed by atoms with Crippen LogP contribution in [0.15, 0.2) is 16.0 Å². The maximum atomic E-state index is 11.0. The second-order valence-corrected chi connectivity index (χ2v) is 2.42. The van der Waals surface area contributed by atoms with Crippen LogP contribution in [0.25, 0.3) is 0 Å². The van der Waals surface area contributed by atoms with E-state index in [1.807, 2.05) is 20.8 Å². The van der Waals surface area contributed by atoms with Crippen LogP contribution in [0.2, 0.25) is 0 Å². The smallest absolute Gasteiger partial charge is 0.349 e. The van der Waals surface area contributed by atoms with Crippen molar-refractivity contribution in [3.05, 3.63) is 22.2 Å². The van der Waals surface area contributed by atoms with Crippen molar-refractivity contribution >= 4 is 12.2 Å². The van der Waals surface area contributed by atoms with Crippen LogP contribution >= 0.6 is 0 Å². The maximum absolute atomic E-state index is 11.0. The maximum Gasteiger partial charge on any atom is 0.349 e. The summed E-state index contributed by atoms with van der Waals surface area (Å²) in [5.74, 6) is 0.376. The summed E-state index contributed by atoms with van der Waals surface area (Å²) >= 11 is 0. The topological polar surface area (TPSA) is 73.3 Å². The van der Waals surface area contributed by atoms with E-state index >= 15 is 0 Å². The molecule has 0 aliphatic heterocycles. The third-order valence-corrected chi connectivity index (χ3v) is 1.44. The first-order chi connectivity index (χ1) is 6.65. The number of nitrogens with zero attached hydrogens (tertiary/aromatic N) is 3. The predicted octanol–water partition coefficient (Wildman–Crippen LogP) is 0.733. The van der Waals surface area contributed by atoms with Gasteiger partial charge in [0.25, 0.3) is 0 Å². The van der Waals surface area contributed by atoms with Crippen LogP contribution in [0.4, 0.5) is 5.82 Å². The molecule has 0 saturated heterocycles. The van der Waals surface area contributed by atoms with Crippen LogP contribution < -0.4 is 11.4 Å². The summed E-state index contributed by atoms with van der Waals surface area (Å²) in [6, 6.07) is 0. The molecule has 0 bridgehead atoms. The molecule has 0 unspecified atom stereocenters. The Morgan fingerprint density at radius 3 is 2.64 bits per heavy atom. The van der Waals surface area contributed by atoms with E-state index in [-0.39, 0.29) is 5.69 Å². The minimum Gasteiger partial charge on any atom is -0.390 e. The first-order valence-electron chi connectivity index (χ1n) is 4.43. The molecule has 0 spiro atoms. The third-order valence-electron chi connectivity index (χ3n) is 1.44. The highest BCUT2D eigenvalue weighted by Crippen LogP contribution is 2.09. The molecule has 5 nitrogen and oxygen atoms in total. The third kappa shape index (κ3) is 3.01. The molecule has 1 aromatic heterocycles. The van der Waals surface area contributed by atoms with Gasteiger partial charge in [0.05, 0.1) is 6.34 Å². The van der Waals surface area contributed by atoms with Crippen molar-refractivity contribution < 1.29 is 0 Å². The van der Waals surface area contributed by atoms with Crippen LogP contribution in [-0.2, 0) is 7.05 Å². The largest absolute Gasteiger partial charge is 0.390 e. The molecular formula is C9H16N4O. The second kappa shape index (κ2) is 5.90. The molecule has 14 heavy (non-hydrogen) atoms. The SMILES string of the molecule is CC.Cc1cn(C)c(=O)nc1N=CN. The fourth-order valence-corrected chi connectivity index (χ4v) is 0.862. The molecule has 5 heteroatoms. The Labute approximate surface area is 83.3 Å². The van der Waals surface area contributed by atoms with E-state index in [0.29, 0.717) is 5.82 Å². The van der Waals surface area contributed by atoms with E-state index in [2.05, 4.69) is 9.98 Å². The van der Waals surface area contributed by atoms with Gasteiger partial charge in [0.15, 0.2) is 5.82 Å². The zero-order valence-electron chi connectivity index (χ0n) is 8.98. The van der Waals surface area contributed by atoms with Gasteiger partial charge in [-0.25, -0.2) is 9.79 Å². The molecule has 0 aliphatic carbocycles. The van der Waals surface area contributed by atoms with Gasteiger partial charge in [-0.3, -0.25) is 0 Å². The lowest BCUT2D eigenvalue weighted by Gasteiger charge is -1.99. The van der Waals surface area contributed by atoms with Crippen LogP contribution in [0.5, 0.6) is 0 Å². The van der Waals surface area contributed by atoms with Gasteiger partial charge in [-0.05, 0) is 6.92 Å². The molecule has 1 aromatic rings. The highest BCUT2D eigenvalue weighted by molar-refractivity contribution is 5.58. The van der Waals surface area contributed by atoms with Crippen molar-refractivity contribution in [1.29, 1.82) is 0 Å². The van der Waals surface area contributed by atoms with E-state index in [1.165, 1.54) is 4.57 Å². The number of nitrogens with two attached hydrogens (primary N) is 1. The molecule has 0 atom stereocenters. The minimum atomic E-state index is -0.332. The summed E-state index contributed by atoms with van der Waals surface area (Å²) in [5, 5.41) is 0. The van der Waals surface area contributed by atoms with Crippen molar-refractivity contribution in [3.8, 4) is 0 Å². The zero-order valence-corrected chi connectivity index (χ0v) is 8.98. The average Bonchev–Trinajstić information content (AvgIpc) is 2.18. The molecule has 78 valence electrons. The highest BCUT2D eigenvalue weighted by atomic mass is 16.1. The molecule has 1 heterocycles. The predicted molar refractivity (Wildman–Crippen MR) is 57.9 cm³/mol. The number of hydrogen-bond donors (Lipinski definition) is 1. The van der Waals surface area contributed by atoms with Crippen molar-refractivity contribution in [2.75, 3.05) is 0 Å². The normalized spacial score (nSPS) is 9.71. The van der Waals surface area contributed by atoms with Gasteiger partial charge in [0.1, 0.15) is 0 Å². The van der Waals surface area contributed by atoms with Crippen LogP contribution in [-0.4, -0.2) is 15.9 Å². The van der Waals surface area contributed by atoms with E-state index in [4.69, 9.17) is 5.73 Å². The number of rotatable bonds is 1. The van der Waals surface area contributed by atoms with Crippen molar-refractivity contribution in [3.63, 3.8) is 0 Å². The van der Waals surface area contributed by atoms with Crippen LogP contribution in [0, 0.1) is 6.92 Å². The van der Waals surface area contributed by atoms with Gasteiger partial charge >= 0.3 is 5.69 Å². The van der Waals surface area contributed by atoms with E-state index in [9.17, 15) is 4.79 Å². The standard InChI is InChI=1S/C7H10N4O.C2H6/c1-5-3-11(2)7(12)10-6(5)9-4-8;1-2/h3-4H,1-2H3,(H2,8,9,10,12);1-2H3. The first kappa shape index (κ1) is 12.3. The quantitative estimate of drug-likeness (QED) is 0.531. The Morgan fingerprint density at radius 1 is 1.57 bits per heavy atom. The van der Waals surface area contributed by atoms with Crippen molar-refractivity contribution in [2.45, 2.75) is 20.8 Å². The molecule has 0 saturated carbocycles. The van der Waals surface area contributed by atoms with Crippen molar-refractivity contribution in [1.82, 2.24) is 9.55 Å². The van der Waals surface area contributed by atoms with Gasteiger partial charge < -0.3 is 10.3 Å². The fraction of sp³-hybridized carbons (Fsp3) is 0.444. The highest BCUT2D eigenvalue weighted by Gasteiger charge is 1.99.